The highest BCUT2D eigenvalue weighted by molar-refractivity contribution is 5.81. The number of benzene rings is 2. The Bertz CT molecular complexity index is 893. The highest BCUT2D eigenvalue weighted by Gasteiger charge is 2.38. The number of carboxylic acid groups (broad SMARTS) is 1. The van der Waals surface area contributed by atoms with Crippen molar-refractivity contribution in [1.29, 1.82) is 0 Å². The topological polar surface area (TPSA) is 66.8 Å². The van der Waals surface area contributed by atoms with E-state index in [9.17, 15) is 14.7 Å². The maximum atomic E-state index is 12.9. The number of piperidine rings is 1. The van der Waals surface area contributed by atoms with E-state index >= 15 is 0 Å². The summed E-state index contributed by atoms with van der Waals surface area (Å²) in [6.07, 6.45) is 1.79. The Labute approximate surface area is 177 Å². The van der Waals surface area contributed by atoms with Crippen LogP contribution in [0.5, 0.6) is 0 Å². The molecular weight excluding hydrogens is 378 g/mol. The van der Waals surface area contributed by atoms with Crippen molar-refractivity contribution in [3.8, 4) is 11.1 Å². The number of rotatable bonds is 5. The predicted molar refractivity (Wildman–Crippen MR) is 115 cm³/mol. The van der Waals surface area contributed by atoms with Gasteiger partial charge in [-0.25, -0.2) is 9.59 Å². The number of ether oxygens (including phenoxy) is 1. The van der Waals surface area contributed by atoms with E-state index in [1.54, 1.807) is 0 Å². The molecule has 1 amide bonds. The summed E-state index contributed by atoms with van der Waals surface area (Å²) in [5.41, 5.74) is 4.65. The van der Waals surface area contributed by atoms with Crippen molar-refractivity contribution in [2.24, 2.45) is 11.8 Å². The van der Waals surface area contributed by atoms with E-state index in [-0.39, 0.29) is 12.5 Å². The smallest absolute Gasteiger partial charge is 0.410 e. The minimum absolute atomic E-state index is 0.0249. The Balaban J connectivity index is 1.46. The van der Waals surface area contributed by atoms with E-state index in [2.05, 4.69) is 38.1 Å². The molecule has 2 aliphatic rings. The van der Waals surface area contributed by atoms with Crippen molar-refractivity contribution in [2.75, 3.05) is 13.2 Å². The molecule has 1 heterocycles. The van der Waals surface area contributed by atoms with Crippen LogP contribution >= 0.6 is 0 Å². The lowest BCUT2D eigenvalue weighted by Crippen LogP contribution is -2.50. The average Bonchev–Trinajstić information content (AvgIpc) is 3.05. The van der Waals surface area contributed by atoms with Crippen LogP contribution in [-0.2, 0) is 9.53 Å². The van der Waals surface area contributed by atoms with Crippen LogP contribution in [0.4, 0.5) is 4.79 Å². The quantitative estimate of drug-likeness (QED) is 0.745. The van der Waals surface area contributed by atoms with Crippen LogP contribution in [0.25, 0.3) is 11.1 Å². The number of carbonyl (C=O) groups is 2. The second-order valence-corrected chi connectivity index (χ2v) is 8.87. The molecule has 0 bridgehead atoms. The molecule has 30 heavy (non-hydrogen) atoms. The van der Waals surface area contributed by atoms with Crippen LogP contribution in [0, 0.1) is 11.8 Å². The number of likely N-dealkylation sites (tertiary alicyclic amines) is 1. The fourth-order valence-electron chi connectivity index (χ4n) is 5.05. The van der Waals surface area contributed by atoms with Crippen LogP contribution in [0.3, 0.4) is 0 Å². The molecule has 1 fully saturated rings. The zero-order chi connectivity index (χ0) is 21.3. The van der Waals surface area contributed by atoms with Gasteiger partial charge in [-0.15, -0.1) is 0 Å². The second kappa shape index (κ2) is 8.50. The Morgan fingerprint density at radius 3 is 2.23 bits per heavy atom. The number of amides is 1. The lowest BCUT2D eigenvalue weighted by molar-refractivity contribution is -0.144. The molecule has 4 rings (SSSR count). The Morgan fingerprint density at radius 1 is 1.07 bits per heavy atom. The second-order valence-electron chi connectivity index (χ2n) is 8.87. The molecule has 1 aliphatic carbocycles. The molecule has 0 unspecified atom stereocenters. The first-order valence-corrected chi connectivity index (χ1v) is 10.8. The van der Waals surface area contributed by atoms with Gasteiger partial charge in [0.2, 0.25) is 0 Å². The van der Waals surface area contributed by atoms with Gasteiger partial charge in [-0.3, -0.25) is 4.90 Å². The molecule has 1 aliphatic heterocycles. The van der Waals surface area contributed by atoms with E-state index < -0.39 is 18.1 Å². The number of hydrogen-bond acceptors (Lipinski definition) is 3. The highest BCUT2D eigenvalue weighted by Crippen LogP contribution is 2.44. The molecule has 158 valence electrons. The monoisotopic (exact) mass is 407 g/mol. The third-order valence-corrected chi connectivity index (χ3v) is 6.37. The minimum atomic E-state index is -0.947. The number of carbonyl (C=O) groups excluding carboxylic acids is 1. The van der Waals surface area contributed by atoms with Gasteiger partial charge in [0.1, 0.15) is 12.6 Å². The molecule has 2 aromatic rings. The first-order chi connectivity index (χ1) is 14.5. The fraction of sp³-hybridized carbons (Fsp3) is 0.440. The van der Waals surface area contributed by atoms with Gasteiger partial charge in [0.05, 0.1) is 0 Å². The van der Waals surface area contributed by atoms with Crippen LogP contribution in [0.1, 0.15) is 50.2 Å². The first-order valence-electron chi connectivity index (χ1n) is 10.8. The van der Waals surface area contributed by atoms with Crippen LogP contribution in [0.15, 0.2) is 48.5 Å². The molecule has 0 saturated carbocycles. The zero-order valence-corrected chi connectivity index (χ0v) is 17.6. The van der Waals surface area contributed by atoms with Gasteiger partial charge in [-0.2, -0.15) is 0 Å². The molecule has 0 radical (unpaired) electrons. The fourth-order valence-corrected chi connectivity index (χ4v) is 5.05. The van der Waals surface area contributed by atoms with Gasteiger partial charge in [-0.05, 0) is 53.4 Å². The molecule has 0 aromatic heterocycles. The Hall–Kier alpha value is -2.82. The molecule has 2 aromatic carbocycles. The van der Waals surface area contributed by atoms with Gasteiger partial charge in [0, 0.05) is 12.5 Å². The number of carboxylic acids is 1. The number of aliphatic carboxylic acids is 1. The standard InChI is InChI=1S/C25H29NO4/c1-16(2)13-17-11-12-26(23(14-17)24(27)28)25(29)30-15-22-20-9-5-3-7-18(20)19-8-4-6-10-21(19)22/h3-10,16-17,22-23H,11-15H2,1-2H3,(H,27,28)/t17-,23-/m0/s1. The van der Waals surface area contributed by atoms with Crippen LogP contribution in [-0.4, -0.2) is 41.3 Å². The van der Waals surface area contributed by atoms with Crippen molar-refractivity contribution >= 4 is 12.1 Å². The van der Waals surface area contributed by atoms with E-state index in [1.807, 2.05) is 24.3 Å². The SMILES string of the molecule is CC(C)C[C@@H]1CCN(C(=O)OCC2c3ccccc3-c3ccccc32)[C@H](C(=O)O)C1. The molecule has 0 spiro atoms. The van der Waals surface area contributed by atoms with E-state index in [4.69, 9.17) is 4.74 Å². The number of nitrogens with zero attached hydrogens (tertiary/aromatic N) is 1. The van der Waals surface area contributed by atoms with Gasteiger partial charge in [0.15, 0.2) is 0 Å². The Kier molecular flexibility index (Phi) is 5.80. The largest absolute Gasteiger partial charge is 0.480 e. The van der Waals surface area contributed by atoms with E-state index in [0.717, 1.165) is 24.0 Å². The minimum Gasteiger partial charge on any atom is -0.480 e. The summed E-state index contributed by atoms with van der Waals surface area (Å²) in [4.78, 5) is 26.1. The van der Waals surface area contributed by atoms with Crippen molar-refractivity contribution in [2.45, 2.75) is 45.1 Å². The number of fused-ring (bicyclic) bond motifs is 3. The average molecular weight is 408 g/mol. The van der Waals surface area contributed by atoms with Crippen molar-refractivity contribution < 1.29 is 19.4 Å². The normalized spacial score (nSPS) is 20.7. The van der Waals surface area contributed by atoms with Gasteiger partial charge < -0.3 is 9.84 Å². The molecule has 5 nitrogen and oxygen atoms in total. The summed E-state index contributed by atoms with van der Waals surface area (Å²) in [6.45, 7) is 4.94. The van der Waals surface area contributed by atoms with Crippen molar-refractivity contribution in [3.63, 3.8) is 0 Å². The molecule has 2 atom stereocenters. The first kappa shape index (κ1) is 20.5. The molecular formula is C25H29NO4. The van der Waals surface area contributed by atoms with Gasteiger partial charge in [-0.1, -0.05) is 62.4 Å². The lowest BCUT2D eigenvalue weighted by atomic mass is 9.85. The van der Waals surface area contributed by atoms with Gasteiger partial charge >= 0.3 is 12.1 Å². The molecule has 1 saturated heterocycles. The lowest BCUT2D eigenvalue weighted by Gasteiger charge is -2.37. The van der Waals surface area contributed by atoms with Crippen LogP contribution in [0.2, 0.25) is 0 Å². The summed E-state index contributed by atoms with van der Waals surface area (Å²) in [5, 5.41) is 9.70. The highest BCUT2D eigenvalue weighted by atomic mass is 16.6. The third-order valence-electron chi connectivity index (χ3n) is 6.37. The number of hydrogen-bond donors (Lipinski definition) is 1. The predicted octanol–water partition coefficient (Wildman–Crippen LogP) is 5.15. The van der Waals surface area contributed by atoms with Gasteiger partial charge in [0.25, 0.3) is 0 Å². The summed E-state index contributed by atoms with van der Waals surface area (Å²) in [6, 6.07) is 15.6. The zero-order valence-electron chi connectivity index (χ0n) is 17.6. The van der Waals surface area contributed by atoms with Crippen molar-refractivity contribution in [3.05, 3.63) is 59.7 Å². The van der Waals surface area contributed by atoms with E-state index in [1.165, 1.54) is 16.0 Å². The Morgan fingerprint density at radius 2 is 1.67 bits per heavy atom. The summed E-state index contributed by atoms with van der Waals surface area (Å²) in [5.74, 6) is -0.116. The third kappa shape index (κ3) is 3.93. The summed E-state index contributed by atoms with van der Waals surface area (Å²) < 4.78 is 5.70. The molecule has 5 heteroatoms. The van der Waals surface area contributed by atoms with Crippen molar-refractivity contribution in [1.82, 2.24) is 4.90 Å². The van der Waals surface area contributed by atoms with Crippen LogP contribution < -0.4 is 0 Å². The summed E-state index contributed by atoms with van der Waals surface area (Å²) >= 11 is 0. The molecule has 1 N–H and O–H groups in total. The maximum Gasteiger partial charge on any atom is 0.410 e. The summed E-state index contributed by atoms with van der Waals surface area (Å²) in [7, 11) is 0. The van der Waals surface area contributed by atoms with E-state index in [0.29, 0.717) is 24.8 Å². The maximum absolute atomic E-state index is 12.9.